The van der Waals surface area contributed by atoms with E-state index in [9.17, 15) is 4.79 Å². The normalized spacial score (nSPS) is 12.0. The number of rotatable bonds is 6. The molecule has 2 rings (SSSR count). The van der Waals surface area contributed by atoms with E-state index in [-0.39, 0.29) is 11.9 Å². The number of anilines is 1. The zero-order chi connectivity index (χ0) is 15.2. The number of carbonyl (C=O) groups is 1. The molecule has 2 aromatic rings. The first kappa shape index (κ1) is 15.0. The number of hydrogen-bond donors (Lipinski definition) is 3. The molecule has 3 N–H and O–H groups in total. The van der Waals surface area contributed by atoms with Gasteiger partial charge in [-0.1, -0.05) is 12.1 Å². The van der Waals surface area contributed by atoms with Crippen LogP contribution in [0, 0.1) is 6.92 Å². The number of aromatic nitrogens is 4. The maximum absolute atomic E-state index is 12.2. The molecule has 0 fully saturated rings. The lowest BCUT2D eigenvalue weighted by Crippen LogP contribution is -2.27. The first-order chi connectivity index (χ1) is 10.1. The summed E-state index contributed by atoms with van der Waals surface area (Å²) in [7, 11) is 0. The Labute approximate surface area is 123 Å². The summed E-state index contributed by atoms with van der Waals surface area (Å²) in [6, 6.07) is 5.31. The van der Waals surface area contributed by atoms with Crippen LogP contribution < -0.4 is 10.6 Å². The Hall–Kier alpha value is -2.44. The van der Waals surface area contributed by atoms with Crippen LogP contribution in [0.4, 0.5) is 5.69 Å². The molecule has 0 spiro atoms. The predicted molar refractivity (Wildman–Crippen MR) is 80.0 cm³/mol. The van der Waals surface area contributed by atoms with E-state index in [2.05, 4.69) is 38.2 Å². The number of amides is 1. The highest BCUT2D eigenvalue weighted by molar-refractivity contribution is 5.95. The van der Waals surface area contributed by atoms with Gasteiger partial charge in [0.05, 0.1) is 6.04 Å². The van der Waals surface area contributed by atoms with Crippen molar-refractivity contribution >= 4 is 11.6 Å². The van der Waals surface area contributed by atoms with Gasteiger partial charge in [0.2, 0.25) is 0 Å². The van der Waals surface area contributed by atoms with Crippen LogP contribution >= 0.6 is 0 Å². The van der Waals surface area contributed by atoms with Gasteiger partial charge in [-0.15, -0.1) is 10.2 Å². The lowest BCUT2D eigenvalue weighted by molar-refractivity contribution is 0.0938. The van der Waals surface area contributed by atoms with Gasteiger partial charge in [0.25, 0.3) is 5.91 Å². The summed E-state index contributed by atoms with van der Waals surface area (Å²) < 4.78 is 0. The Bertz CT molecular complexity index is 596. The summed E-state index contributed by atoms with van der Waals surface area (Å²) in [5.41, 5.74) is 2.72. The molecule has 0 aliphatic carbocycles. The number of nitrogens with one attached hydrogen (secondary N) is 3. The number of benzene rings is 1. The monoisotopic (exact) mass is 288 g/mol. The Morgan fingerprint density at radius 3 is 2.86 bits per heavy atom. The van der Waals surface area contributed by atoms with Crippen molar-refractivity contribution in [2.24, 2.45) is 0 Å². The molecule has 0 bridgehead atoms. The Kier molecular flexibility index (Phi) is 4.86. The second-order valence-corrected chi connectivity index (χ2v) is 4.92. The number of aromatic amines is 1. The molecule has 0 aliphatic heterocycles. The molecular formula is C14H20N6O. The van der Waals surface area contributed by atoms with Crippen LogP contribution in [0.3, 0.4) is 0 Å². The average molecular weight is 288 g/mol. The van der Waals surface area contributed by atoms with Crippen LogP contribution in [0.25, 0.3) is 0 Å². The van der Waals surface area contributed by atoms with E-state index >= 15 is 0 Å². The molecule has 1 atom stereocenters. The molecule has 21 heavy (non-hydrogen) atoms. The second-order valence-electron chi connectivity index (χ2n) is 4.92. The fraction of sp³-hybridized carbons (Fsp3) is 0.429. The third kappa shape index (κ3) is 3.77. The highest BCUT2D eigenvalue weighted by Gasteiger charge is 2.15. The van der Waals surface area contributed by atoms with Gasteiger partial charge < -0.3 is 10.6 Å². The van der Waals surface area contributed by atoms with Gasteiger partial charge in [0.1, 0.15) is 0 Å². The molecule has 7 heteroatoms. The van der Waals surface area contributed by atoms with Gasteiger partial charge in [-0.2, -0.15) is 5.21 Å². The van der Waals surface area contributed by atoms with E-state index in [0.29, 0.717) is 11.4 Å². The van der Waals surface area contributed by atoms with E-state index in [1.165, 1.54) is 0 Å². The Balaban J connectivity index is 2.04. The van der Waals surface area contributed by atoms with Crippen LogP contribution in [0.2, 0.25) is 0 Å². The maximum Gasteiger partial charge on any atom is 0.251 e. The Morgan fingerprint density at radius 2 is 2.24 bits per heavy atom. The molecule has 1 heterocycles. The quantitative estimate of drug-likeness (QED) is 0.753. The highest BCUT2D eigenvalue weighted by Crippen LogP contribution is 2.17. The van der Waals surface area contributed by atoms with Crippen molar-refractivity contribution in [3.05, 3.63) is 35.2 Å². The largest absolute Gasteiger partial charge is 0.385 e. The van der Waals surface area contributed by atoms with E-state index < -0.39 is 0 Å². The zero-order valence-electron chi connectivity index (χ0n) is 12.5. The van der Waals surface area contributed by atoms with Crippen molar-refractivity contribution in [3.8, 4) is 0 Å². The molecule has 0 radical (unpaired) electrons. The molecule has 1 aromatic heterocycles. The number of carbonyl (C=O) groups excluding carboxylic acids is 1. The number of tetrazole rings is 1. The molecule has 1 amide bonds. The minimum Gasteiger partial charge on any atom is -0.385 e. The molecule has 1 unspecified atom stereocenters. The molecule has 7 nitrogen and oxygen atoms in total. The number of nitrogens with zero attached hydrogens (tertiary/aromatic N) is 3. The third-order valence-electron chi connectivity index (χ3n) is 3.15. The molecular weight excluding hydrogens is 268 g/mol. The highest BCUT2D eigenvalue weighted by atomic mass is 16.1. The number of aryl methyl sites for hydroxylation is 1. The average Bonchev–Trinajstić information content (AvgIpc) is 3.00. The van der Waals surface area contributed by atoms with Gasteiger partial charge in [-0.3, -0.25) is 4.79 Å². The van der Waals surface area contributed by atoms with E-state index in [1.54, 1.807) is 0 Å². The van der Waals surface area contributed by atoms with Crippen molar-refractivity contribution in [2.45, 2.75) is 33.2 Å². The van der Waals surface area contributed by atoms with Crippen LogP contribution in [-0.4, -0.2) is 33.1 Å². The van der Waals surface area contributed by atoms with Crippen LogP contribution in [-0.2, 0) is 0 Å². The first-order valence-electron chi connectivity index (χ1n) is 7.00. The van der Waals surface area contributed by atoms with Crippen LogP contribution in [0.15, 0.2) is 18.2 Å². The summed E-state index contributed by atoms with van der Waals surface area (Å²) in [6.45, 7) is 6.83. The Morgan fingerprint density at radius 1 is 1.43 bits per heavy atom. The lowest BCUT2D eigenvalue weighted by atomic mass is 10.1. The van der Waals surface area contributed by atoms with Gasteiger partial charge in [0, 0.05) is 17.8 Å². The van der Waals surface area contributed by atoms with Crippen molar-refractivity contribution in [1.29, 1.82) is 0 Å². The SMILES string of the molecule is CCCNc1ccc(C(=O)NC(C)c2nn[nH]n2)cc1C. The molecule has 1 aromatic carbocycles. The summed E-state index contributed by atoms with van der Waals surface area (Å²) in [4.78, 5) is 12.2. The van der Waals surface area contributed by atoms with Gasteiger partial charge in [-0.25, -0.2) is 0 Å². The lowest BCUT2D eigenvalue weighted by Gasteiger charge is -2.12. The minimum absolute atomic E-state index is 0.155. The summed E-state index contributed by atoms with van der Waals surface area (Å²) in [5, 5.41) is 19.7. The number of H-pyrrole nitrogens is 1. The van der Waals surface area contributed by atoms with E-state index in [0.717, 1.165) is 24.2 Å². The maximum atomic E-state index is 12.2. The fourth-order valence-electron chi connectivity index (χ4n) is 1.96. The van der Waals surface area contributed by atoms with Crippen LogP contribution in [0.1, 0.15) is 48.1 Å². The summed E-state index contributed by atoms with van der Waals surface area (Å²) in [6.07, 6.45) is 1.06. The van der Waals surface area contributed by atoms with Gasteiger partial charge in [-0.05, 0) is 44.0 Å². The zero-order valence-corrected chi connectivity index (χ0v) is 12.5. The smallest absolute Gasteiger partial charge is 0.251 e. The first-order valence-corrected chi connectivity index (χ1v) is 7.00. The standard InChI is InChI=1S/C14H20N6O/c1-4-7-15-12-6-5-11(8-9(12)2)14(21)16-10(3)13-17-19-20-18-13/h5-6,8,10,15H,4,7H2,1-3H3,(H,16,21)(H,17,18,19,20). The molecule has 0 aliphatic rings. The minimum atomic E-state index is -0.297. The van der Waals surface area contributed by atoms with Crippen molar-refractivity contribution < 1.29 is 4.79 Å². The second kappa shape index (κ2) is 6.83. The van der Waals surface area contributed by atoms with Gasteiger partial charge >= 0.3 is 0 Å². The topological polar surface area (TPSA) is 95.6 Å². The summed E-state index contributed by atoms with van der Waals surface area (Å²) in [5.74, 6) is 0.304. The summed E-state index contributed by atoms with van der Waals surface area (Å²) >= 11 is 0. The molecule has 0 saturated carbocycles. The number of hydrogen-bond acceptors (Lipinski definition) is 5. The fourth-order valence-corrected chi connectivity index (χ4v) is 1.96. The van der Waals surface area contributed by atoms with Crippen molar-refractivity contribution in [1.82, 2.24) is 25.9 Å². The van der Waals surface area contributed by atoms with E-state index in [1.807, 2.05) is 32.0 Å². The third-order valence-corrected chi connectivity index (χ3v) is 3.15. The van der Waals surface area contributed by atoms with E-state index in [4.69, 9.17) is 0 Å². The molecule has 0 saturated heterocycles. The van der Waals surface area contributed by atoms with Crippen LogP contribution in [0.5, 0.6) is 0 Å². The molecule has 112 valence electrons. The van der Waals surface area contributed by atoms with Gasteiger partial charge in [0.15, 0.2) is 5.82 Å². The van der Waals surface area contributed by atoms with Crippen molar-refractivity contribution in [2.75, 3.05) is 11.9 Å². The van der Waals surface area contributed by atoms with Crippen molar-refractivity contribution in [3.63, 3.8) is 0 Å². The predicted octanol–water partition coefficient (Wildman–Crippen LogP) is 1.82.